The summed E-state index contributed by atoms with van der Waals surface area (Å²) in [6, 6.07) is 0. The van der Waals surface area contributed by atoms with E-state index in [-0.39, 0.29) is 0 Å². The van der Waals surface area contributed by atoms with Gasteiger partial charge >= 0.3 is 0 Å². The van der Waals surface area contributed by atoms with Crippen LogP contribution in [0.4, 0.5) is 0 Å². The minimum Gasteiger partial charge on any atom is -0.471 e. The van der Waals surface area contributed by atoms with E-state index in [2.05, 4.69) is 23.9 Å². The van der Waals surface area contributed by atoms with Crippen LogP contribution in [-0.2, 0) is 9.53 Å². The van der Waals surface area contributed by atoms with Gasteiger partial charge in [-0.15, -0.1) is 0 Å². The maximum Gasteiger partial charge on any atom is 0.292 e. The van der Waals surface area contributed by atoms with E-state index < -0.39 is 0 Å². The molecule has 0 amide bonds. The molecule has 152 valence electrons. The molecule has 0 aliphatic rings. The number of unbranched alkanes of at least 4 members (excludes halogenated alkanes) is 14. The van der Waals surface area contributed by atoms with Crippen molar-refractivity contribution in [2.45, 2.75) is 117 Å². The lowest BCUT2D eigenvalue weighted by Gasteiger charge is -2.05. The molecule has 0 rings (SSSR count). The third-order valence-electron chi connectivity index (χ3n) is 4.51. The Bertz CT molecular complexity index is 204. The van der Waals surface area contributed by atoms with Crippen molar-refractivity contribution in [2.24, 2.45) is 0 Å². The summed E-state index contributed by atoms with van der Waals surface area (Å²) in [5, 5.41) is 3.61. The third-order valence-corrected chi connectivity index (χ3v) is 4.51. The van der Waals surface area contributed by atoms with Gasteiger partial charge in [-0.25, -0.2) is 0 Å². The first-order valence-corrected chi connectivity index (χ1v) is 11.0. The highest BCUT2D eigenvalue weighted by Crippen LogP contribution is 2.09. The van der Waals surface area contributed by atoms with Crippen molar-refractivity contribution in [1.82, 2.24) is 5.32 Å². The van der Waals surface area contributed by atoms with Gasteiger partial charge in [-0.2, -0.15) is 0 Å². The molecule has 0 heterocycles. The molecule has 0 spiro atoms. The van der Waals surface area contributed by atoms with Gasteiger partial charge in [0, 0.05) is 0 Å². The molecule has 0 fully saturated rings. The highest BCUT2D eigenvalue weighted by molar-refractivity contribution is 5.36. The summed E-state index contributed by atoms with van der Waals surface area (Å²) >= 11 is 0. The van der Waals surface area contributed by atoms with E-state index >= 15 is 0 Å². The molecule has 0 aromatic carbocycles. The molecule has 0 aromatic heterocycles. The van der Waals surface area contributed by atoms with E-state index in [0.717, 1.165) is 0 Å². The molecule has 0 atom stereocenters. The molecular formula is C22H47NO2. The number of carbonyl (C=O) groups is 1. The quantitative estimate of drug-likeness (QED) is 0.208. The van der Waals surface area contributed by atoms with E-state index in [0.29, 0.717) is 6.47 Å². The van der Waals surface area contributed by atoms with Crippen LogP contribution >= 0.6 is 0 Å². The average molecular weight is 358 g/mol. The van der Waals surface area contributed by atoms with Crippen molar-refractivity contribution in [3.8, 4) is 0 Å². The van der Waals surface area contributed by atoms with Crippen LogP contribution in [0.2, 0.25) is 0 Å². The summed E-state index contributed by atoms with van der Waals surface area (Å²) in [4.78, 5) is 8.95. The molecule has 3 nitrogen and oxygen atoms in total. The first-order chi connectivity index (χ1) is 12.3. The second kappa shape index (κ2) is 28.2. The van der Waals surface area contributed by atoms with Crippen LogP contribution in [0.3, 0.4) is 0 Å². The summed E-state index contributed by atoms with van der Waals surface area (Å²) < 4.78 is 3.86. The maximum atomic E-state index is 8.95. The summed E-state index contributed by atoms with van der Waals surface area (Å²) in [7, 11) is 1.31. The lowest BCUT2D eigenvalue weighted by atomic mass is 10.1. The number of hydrogen-bond donors (Lipinski definition) is 1. The molecule has 25 heavy (non-hydrogen) atoms. The zero-order valence-electron chi connectivity index (χ0n) is 17.6. The van der Waals surface area contributed by atoms with Crippen LogP contribution < -0.4 is 5.32 Å². The third kappa shape index (κ3) is 31.7. The minimum absolute atomic E-state index is 0.375. The minimum atomic E-state index is 0.375. The Kier molecular flexibility index (Phi) is 30.1. The van der Waals surface area contributed by atoms with Crippen LogP contribution in [0.15, 0.2) is 0 Å². The van der Waals surface area contributed by atoms with E-state index in [4.69, 9.17) is 4.79 Å². The highest BCUT2D eigenvalue weighted by atomic mass is 16.5. The second-order valence-corrected chi connectivity index (χ2v) is 7.03. The van der Waals surface area contributed by atoms with E-state index in [1.807, 2.05) is 0 Å². The maximum absolute atomic E-state index is 8.95. The summed E-state index contributed by atoms with van der Waals surface area (Å²) in [5.41, 5.74) is 0. The summed E-state index contributed by atoms with van der Waals surface area (Å²) in [5.74, 6) is 0. The molecular weight excluding hydrogens is 310 g/mol. The number of carbonyl (C=O) groups excluding carboxylic acids is 1. The van der Waals surface area contributed by atoms with Crippen LogP contribution in [0, 0.1) is 0 Å². The first-order valence-electron chi connectivity index (χ1n) is 11.0. The molecule has 0 saturated heterocycles. The largest absolute Gasteiger partial charge is 0.471 e. The molecule has 0 unspecified atom stereocenters. The van der Waals surface area contributed by atoms with E-state index in [9.17, 15) is 0 Å². The van der Waals surface area contributed by atoms with Crippen molar-refractivity contribution in [1.29, 1.82) is 0 Å². The summed E-state index contributed by atoms with van der Waals surface area (Å²) in [6.45, 7) is 7.44. The van der Waals surface area contributed by atoms with Crippen molar-refractivity contribution in [3.05, 3.63) is 0 Å². The Morgan fingerprint density at radius 2 is 0.880 bits per heavy atom. The van der Waals surface area contributed by atoms with Gasteiger partial charge in [0.05, 0.1) is 7.11 Å². The van der Waals surface area contributed by atoms with Crippen molar-refractivity contribution in [3.63, 3.8) is 0 Å². The monoisotopic (exact) mass is 357 g/mol. The van der Waals surface area contributed by atoms with Crippen LogP contribution in [0.5, 0.6) is 0 Å². The molecule has 0 aliphatic carbocycles. The molecule has 0 aliphatic heterocycles. The van der Waals surface area contributed by atoms with Gasteiger partial charge in [-0.3, -0.25) is 4.79 Å². The lowest BCUT2D eigenvalue weighted by Crippen LogP contribution is -2.16. The zero-order chi connectivity index (χ0) is 18.8. The average Bonchev–Trinajstić information content (AvgIpc) is 2.64. The number of rotatable bonds is 19. The van der Waals surface area contributed by atoms with E-state index in [1.54, 1.807) is 0 Å². The molecule has 1 N–H and O–H groups in total. The van der Waals surface area contributed by atoms with Crippen molar-refractivity contribution in [2.75, 3.05) is 20.2 Å². The smallest absolute Gasteiger partial charge is 0.292 e. The van der Waals surface area contributed by atoms with Crippen LogP contribution in [-0.4, -0.2) is 26.7 Å². The Labute approximate surface area is 158 Å². The van der Waals surface area contributed by atoms with Gasteiger partial charge in [-0.05, 0) is 25.9 Å². The van der Waals surface area contributed by atoms with Crippen LogP contribution in [0.25, 0.3) is 0 Å². The molecule has 0 saturated carbocycles. The number of methoxy groups -OCH3 is 1. The topological polar surface area (TPSA) is 38.3 Å². The van der Waals surface area contributed by atoms with Gasteiger partial charge in [0.15, 0.2) is 0 Å². The second-order valence-electron chi connectivity index (χ2n) is 7.03. The lowest BCUT2D eigenvalue weighted by molar-refractivity contribution is -0.126. The van der Waals surface area contributed by atoms with Crippen LogP contribution in [0.1, 0.15) is 117 Å². The molecule has 0 radical (unpaired) electrons. The normalized spacial score (nSPS) is 10.2. The number of ether oxygens (including phenoxy) is 1. The van der Waals surface area contributed by atoms with Gasteiger partial charge < -0.3 is 10.1 Å². The Morgan fingerprint density at radius 3 is 1.16 bits per heavy atom. The van der Waals surface area contributed by atoms with Crippen molar-refractivity contribution < 1.29 is 9.53 Å². The number of nitrogens with one attached hydrogen (secondary N) is 1. The highest BCUT2D eigenvalue weighted by Gasteiger charge is 1.93. The molecule has 0 aromatic rings. The van der Waals surface area contributed by atoms with E-state index in [1.165, 1.54) is 123 Å². The fourth-order valence-electron chi connectivity index (χ4n) is 2.89. The fourth-order valence-corrected chi connectivity index (χ4v) is 2.89. The van der Waals surface area contributed by atoms with Crippen molar-refractivity contribution >= 4 is 6.47 Å². The predicted octanol–water partition coefficient (Wildman–Crippen LogP) is 6.65. The van der Waals surface area contributed by atoms with Gasteiger partial charge in [-0.1, -0.05) is 104 Å². The summed E-state index contributed by atoms with van der Waals surface area (Å²) in [6.07, 6.45) is 22.8. The predicted molar refractivity (Wildman–Crippen MR) is 111 cm³/mol. The Hall–Kier alpha value is -0.570. The Balaban J connectivity index is 0. The van der Waals surface area contributed by atoms with Gasteiger partial charge in [0.2, 0.25) is 0 Å². The standard InChI is InChI=1S/C20H43N.C2H4O2/c1-3-5-7-9-11-13-15-17-19-21-20-18-16-14-12-10-8-6-4-2;1-4-2-3/h21H,3-20H2,1-2H3;2H,1H3. The molecule has 0 bridgehead atoms. The Morgan fingerprint density at radius 1 is 0.600 bits per heavy atom. The number of hydrogen-bond acceptors (Lipinski definition) is 3. The zero-order valence-corrected chi connectivity index (χ0v) is 17.6. The first kappa shape index (κ1) is 26.7. The SMILES string of the molecule is CCCCCCCCCCNCCCCCCCCCC.COC=O. The van der Waals surface area contributed by atoms with Gasteiger partial charge in [0.1, 0.15) is 0 Å². The fraction of sp³-hybridized carbons (Fsp3) is 0.955. The molecule has 3 heteroatoms. The van der Waals surface area contributed by atoms with Gasteiger partial charge in [0.25, 0.3) is 6.47 Å².